The van der Waals surface area contributed by atoms with Crippen LogP contribution in [-0.2, 0) is 15.8 Å². The van der Waals surface area contributed by atoms with Crippen molar-refractivity contribution in [2.75, 3.05) is 4.90 Å². The van der Waals surface area contributed by atoms with Crippen LogP contribution >= 0.6 is 11.8 Å². The van der Waals surface area contributed by atoms with E-state index in [0.29, 0.717) is 5.56 Å². The molecule has 2 amide bonds. The lowest BCUT2D eigenvalue weighted by atomic mass is 10.0. The molecule has 0 bridgehead atoms. The van der Waals surface area contributed by atoms with E-state index >= 15 is 0 Å². The number of nitrogens with zero attached hydrogens (tertiary/aromatic N) is 1. The van der Waals surface area contributed by atoms with Gasteiger partial charge in [-0.1, -0.05) is 48.2 Å². The minimum absolute atomic E-state index is 0.0954. The number of amides is 2. The lowest BCUT2D eigenvalue weighted by Crippen LogP contribution is -2.31. The van der Waals surface area contributed by atoms with Crippen molar-refractivity contribution in [1.82, 2.24) is 0 Å². The van der Waals surface area contributed by atoms with Gasteiger partial charge >= 0.3 is 6.18 Å². The Labute approximate surface area is 187 Å². The molecular weight excluding hydrogens is 435 g/mol. The number of imide groups is 1. The second kappa shape index (κ2) is 8.31. The van der Waals surface area contributed by atoms with Gasteiger partial charge in [0.15, 0.2) is 0 Å². The summed E-state index contributed by atoms with van der Waals surface area (Å²) in [6, 6.07) is 18.7. The number of aryl methyl sites for hydroxylation is 2. The third kappa shape index (κ3) is 4.08. The van der Waals surface area contributed by atoms with Gasteiger partial charge in [-0.2, -0.15) is 13.2 Å². The average Bonchev–Trinajstić information content (AvgIpc) is 3.00. The monoisotopic (exact) mass is 453 g/mol. The first kappa shape index (κ1) is 21.9. The molecule has 1 aliphatic rings. The fourth-order valence-electron chi connectivity index (χ4n) is 3.40. The molecule has 0 saturated heterocycles. The van der Waals surface area contributed by atoms with Crippen LogP contribution in [0.5, 0.6) is 0 Å². The summed E-state index contributed by atoms with van der Waals surface area (Å²) < 4.78 is 38.8. The summed E-state index contributed by atoms with van der Waals surface area (Å²) in [4.78, 5) is 28.7. The third-order valence-electron chi connectivity index (χ3n) is 5.25. The van der Waals surface area contributed by atoms with Crippen molar-refractivity contribution in [1.29, 1.82) is 0 Å². The molecule has 7 heteroatoms. The van der Waals surface area contributed by atoms with Crippen molar-refractivity contribution >= 4 is 34.8 Å². The van der Waals surface area contributed by atoms with E-state index < -0.39 is 23.6 Å². The number of alkyl halides is 3. The molecule has 3 aromatic carbocycles. The maximum Gasteiger partial charge on any atom is 0.416 e. The molecule has 1 aliphatic heterocycles. The van der Waals surface area contributed by atoms with Crippen LogP contribution in [0.2, 0.25) is 0 Å². The van der Waals surface area contributed by atoms with Gasteiger partial charge in [0.25, 0.3) is 11.8 Å². The molecule has 0 saturated carbocycles. The Morgan fingerprint density at radius 1 is 0.781 bits per heavy atom. The van der Waals surface area contributed by atoms with Crippen molar-refractivity contribution < 1.29 is 22.8 Å². The Morgan fingerprint density at radius 3 is 2.03 bits per heavy atom. The van der Waals surface area contributed by atoms with Crippen LogP contribution in [0.15, 0.2) is 82.6 Å². The molecule has 0 aromatic heterocycles. The summed E-state index contributed by atoms with van der Waals surface area (Å²) in [5, 5.41) is 0. The molecule has 0 spiro atoms. The first-order valence-electron chi connectivity index (χ1n) is 9.77. The summed E-state index contributed by atoms with van der Waals surface area (Å²) in [5.41, 5.74) is 2.10. The van der Waals surface area contributed by atoms with Gasteiger partial charge in [-0.05, 0) is 66.9 Å². The van der Waals surface area contributed by atoms with Gasteiger partial charge in [-0.25, -0.2) is 4.90 Å². The topological polar surface area (TPSA) is 37.4 Å². The lowest BCUT2D eigenvalue weighted by molar-refractivity contribution is -0.137. The predicted octanol–water partition coefficient (Wildman–Crippen LogP) is 6.40. The van der Waals surface area contributed by atoms with Crippen LogP contribution < -0.4 is 4.90 Å². The number of carbonyl (C=O) groups excluding carboxylic acids is 2. The van der Waals surface area contributed by atoms with Crippen LogP contribution in [0.3, 0.4) is 0 Å². The summed E-state index contributed by atoms with van der Waals surface area (Å²) >= 11 is 1.17. The number of rotatable bonds is 4. The summed E-state index contributed by atoms with van der Waals surface area (Å²) in [5.74, 6) is -1.12. The second-order valence-electron chi connectivity index (χ2n) is 7.41. The highest BCUT2D eigenvalue weighted by Crippen LogP contribution is 2.42. The van der Waals surface area contributed by atoms with Crippen molar-refractivity contribution in [2.45, 2.75) is 24.9 Å². The number of anilines is 1. The molecule has 32 heavy (non-hydrogen) atoms. The highest BCUT2D eigenvalue weighted by Gasteiger charge is 2.41. The van der Waals surface area contributed by atoms with Crippen molar-refractivity contribution in [3.8, 4) is 0 Å². The van der Waals surface area contributed by atoms with E-state index in [1.807, 2.05) is 56.3 Å². The molecule has 4 rings (SSSR count). The van der Waals surface area contributed by atoms with Gasteiger partial charge in [-0.3, -0.25) is 9.59 Å². The molecular formula is C25H18F3NO2S. The van der Waals surface area contributed by atoms with Crippen LogP contribution in [-0.4, -0.2) is 11.8 Å². The van der Waals surface area contributed by atoms with E-state index in [2.05, 4.69) is 0 Å². The number of hydrogen-bond donors (Lipinski definition) is 0. The molecule has 3 aromatic rings. The second-order valence-corrected chi connectivity index (χ2v) is 8.49. The fraction of sp³-hybridized carbons (Fsp3) is 0.120. The number of hydrogen-bond acceptors (Lipinski definition) is 3. The van der Waals surface area contributed by atoms with E-state index in [1.54, 1.807) is 6.07 Å². The van der Waals surface area contributed by atoms with Gasteiger partial charge < -0.3 is 0 Å². The Morgan fingerprint density at radius 2 is 1.44 bits per heavy atom. The fourth-order valence-corrected chi connectivity index (χ4v) is 4.41. The Balaban J connectivity index is 1.80. The standard InChI is InChI=1S/C25H18F3NO2S/c1-15-8-9-17(14-16(15)2)21-22(32-20-6-4-3-5-7-20)24(31)29(23(21)30)19-12-10-18(11-13-19)25(26,27)28/h3-14H,1-2H3. The minimum Gasteiger partial charge on any atom is -0.268 e. The van der Waals surface area contributed by atoms with Gasteiger partial charge in [0.05, 0.1) is 21.7 Å². The minimum atomic E-state index is -4.51. The van der Waals surface area contributed by atoms with E-state index in [4.69, 9.17) is 0 Å². The zero-order valence-electron chi connectivity index (χ0n) is 17.2. The van der Waals surface area contributed by atoms with Gasteiger partial charge in [0, 0.05) is 4.90 Å². The SMILES string of the molecule is Cc1ccc(C2=C(Sc3ccccc3)C(=O)N(c3ccc(C(F)(F)F)cc3)C2=O)cc1C. The summed E-state index contributed by atoms with van der Waals surface area (Å²) in [7, 11) is 0. The molecule has 162 valence electrons. The highest BCUT2D eigenvalue weighted by molar-refractivity contribution is 8.04. The number of halogens is 3. The van der Waals surface area contributed by atoms with Gasteiger partial charge in [0.1, 0.15) is 0 Å². The van der Waals surface area contributed by atoms with Crippen LogP contribution in [0, 0.1) is 13.8 Å². The quantitative estimate of drug-likeness (QED) is 0.429. The Hall–Kier alpha value is -3.32. The molecule has 0 atom stereocenters. The molecule has 1 heterocycles. The molecule has 0 unspecified atom stereocenters. The van der Waals surface area contributed by atoms with Crippen molar-refractivity contribution in [2.24, 2.45) is 0 Å². The maximum atomic E-state index is 13.4. The van der Waals surface area contributed by atoms with Crippen molar-refractivity contribution in [3.63, 3.8) is 0 Å². The van der Waals surface area contributed by atoms with Gasteiger partial charge in [0.2, 0.25) is 0 Å². The predicted molar refractivity (Wildman–Crippen MR) is 119 cm³/mol. The first-order valence-corrected chi connectivity index (χ1v) is 10.6. The van der Waals surface area contributed by atoms with Gasteiger partial charge in [-0.15, -0.1) is 0 Å². The number of carbonyl (C=O) groups is 2. The summed E-state index contributed by atoms with van der Waals surface area (Å²) in [6.45, 7) is 3.86. The lowest BCUT2D eigenvalue weighted by Gasteiger charge is -2.16. The smallest absolute Gasteiger partial charge is 0.268 e. The summed E-state index contributed by atoms with van der Waals surface area (Å²) in [6.07, 6.45) is -4.51. The van der Waals surface area contributed by atoms with Crippen molar-refractivity contribution in [3.05, 3.63) is 100.0 Å². The van der Waals surface area contributed by atoms with E-state index in [0.717, 1.165) is 45.2 Å². The number of thioether (sulfide) groups is 1. The molecule has 0 radical (unpaired) electrons. The zero-order chi connectivity index (χ0) is 23.0. The molecule has 0 N–H and O–H groups in total. The molecule has 0 fully saturated rings. The van der Waals surface area contributed by atoms with Crippen LogP contribution in [0.25, 0.3) is 5.57 Å². The Bertz CT molecular complexity index is 1230. The van der Waals surface area contributed by atoms with E-state index in [9.17, 15) is 22.8 Å². The molecule has 3 nitrogen and oxygen atoms in total. The normalized spacial score (nSPS) is 14.5. The highest BCUT2D eigenvalue weighted by atomic mass is 32.2. The van der Waals surface area contributed by atoms with E-state index in [-0.39, 0.29) is 16.2 Å². The Kier molecular flexibility index (Phi) is 5.69. The van der Waals surface area contributed by atoms with Crippen LogP contribution in [0.1, 0.15) is 22.3 Å². The first-order chi connectivity index (χ1) is 15.2. The average molecular weight is 453 g/mol. The molecule has 0 aliphatic carbocycles. The number of benzene rings is 3. The van der Waals surface area contributed by atoms with Crippen LogP contribution in [0.4, 0.5) is 18.9 Å². The maximum absolute atomic E-state index is 13.4. The zero-order valence-corrected chi connectivity index (χ0v) is 18.1. The third-order valence-corrected chi connectivity index (χ3v) is 6.34. The largest absolute Gasteiger partial charge is 0.416 e. The van der Waals surface area contributed by atoms with E-state index in [1.165, 1.54) is 11.8 Å².